The predicted octanol–water partition coefficient (Wildman–Crippen LogP) is 7.44. The van der Waals surface area contributed by atoms with Crippen LogP contribution in [0.1, 0.15) is 94.6 Å². The van der Waals surface area contributed by atoms with E-state index in [1.165, 1.54) is 11.1 Å². The van der Waals surface area contributed by atoms with Gasteiger partial charge >= 0.3 is 24.1 Å². The Balaban J connectivity index is 0.951. The number of halogens is 9. The number of carbonyl (C=O) groups excluding carboxylic acids is 1. The van der Waals surface area contributed by atoms with Crippen LogP contribution in [0.2, 0.25) is 0 Å². The fraction of sp³-hybridized carbons (Fsp3) is 0.841. The molecule has 362 valence electrons. The number of alkyl halides is 9. The van der Waals surface area contributed by atoms with Gasteiger partial charge in [-0.25, -0.2) is 0 Å². The maximum Gasteiger partial charge on any atom is 0.435 e. The SMILES string of the molecule is C[C@]12CCC3c4ccc(OCCCN5CCN(CCCNC(=O)CCOCCCC(CO)CO)CC5)cc4CCC3C1CC[C@@H]2OCCCOC(C(F)(F)F)(C(F)(F)F)C(F)(F)F. The molecule has 2 saturated carbocycles. The number of ether oxygens (including phenoxy) is 4. The van der Waals surface area contributed by atoms with E-state index in [1.54, 1.807) is 0 Å². The van der Waals surface area contributed by atoms with Crippen LogP contribution in [0.4, 0.5) is 39.5 Å². The van der Waals surface area contributed by atoms with Crippen molar-refractivity contribution in [2.75, 3.05) is 92.1 Å². The second-order valence-corrected chi connectivity index (χ2v) is 18.0. The number of nitrogens with zero attached hydrogens (tertiary/aromatic N) is 2. The number of carbonyl (C=O) groups is 1. The lowest BCUT2D eigenvalue weighted by molar-refractivity contribution is -0.457. The molecular formula is C44H66F9N3O7. The van der Waals surface area contributed by atoms with Gasteiger partial charge in [-0.05, 0) is 124 Å². The molecule has 5 atom stereocenters. The summed E-state index contributed by atoms with van der Waals surface area (Å²) in [5.74, 6) is 1.72. The highest BCUT2D eigenvalue weighted by molar-refractivity contribution is 5.75. The third kappa shape index (κ3) is 12.9. The summed E-state index contributed by atoms with van der Waals surface area (Å²) in [6.45, 7) is 8.13. The lowest BCUT2D eigenvalue weighted by Gasteiger charge is -2.50. The van der Waals surface area contributed by atoms with Crippen molar-refractivity contribution < 1.29 is 73.5 Å². The Morgan fingerprint density at radius 2 is 1.48 bits per heavy atom. The molecule has 4 aliphatic rings. The zero-order chi connectivity index (χ0) is 45.9. The fourth-order valence-corrected chi connectivity index (χ4v) is 10.4. The molecule has 63 heavy (non-hydrogen) atoms. The Morgan fingerprint density at radius 3 is 2.13 bits per heavy atom. The first-order valence-electron chi connectivity index (χ1n) is 22.6. The van der Waals surface area contributed by atoms with Gasteiger partial charge in [0.05, 0.1) is 25.9 Å². The highest BCUT2D eigenvalue weighted by Crippen LogP contribution is 2.62. The Kier molecular flexibility index (Phi) is 18.7. The van der Waals surface area contributed by atoms with Crippen molar-refractivity contribution in [2.24, 2.45) is 23.2 Å². The number of aliphatic hydroxyl groups excluding tert-OH is 2. The number of rotatable bonds is 24. The normalized spacial score (nSPS) is 24.9. The Labute approximate surface area is 364 Å². The highest BCUT2D eigenvalue weighted by atomic mass is 19.4. The van der Waals surface area contributed by atoms with Crippen LogP contribution in [-0.4, -0.2) is 148 Å². The van der Waals surface area contributed by atoms with E-state index in [1.807, 2.05) is 6.07 Å². The van der Waals surface area contributed by atoms with Crippen molar-refractivity contribution >= 4 is 5.91 Å². The van der Waals surface area contributed by atoms with Gasteiger partial charge < -0.3 is 44.3 Å². The Morgan fingerprint density at radius 1 is 0.810 bits per heavy atom. The lowest BCUT2D eigenvalue weighted by Crippen LogP contribution is -2.67. The summed E-state index contributed by atoms with van der Waals surface area (Å²) in [4.78, 5) is 17.0. The van der Waals surface area contributed by atoms with Gasteiger partial charge in [0.1, 0.15) is 5.75 Å². The number of hydrogen-bond donors (Lipinski definition) is 3. The molecule has 0 bridgehead atoms. The standard InChI is InChI=1S/C44H66F9N3O7/c1-40-15-13-35-34-10-8-33(61-24-4-18-56-21-19-55(20-22-56)17-3-16-54-39(59)14-27-60-23-2-6-31(29-57)30-58)28-32(34)7-9-36(35)37(40)11-12-38(40)62-25-5-26-63-41(42(45,46)47,43(48,49)50)44(51,52)53/h8,10,28,31,35-38,57-58H,2-7,9,11-27,29-30H2,1H3,(H,54,59)/t35?,36?,37?,38-,40-/m0/s1. The van der Waals surface area contributed by atoms with Crippen LogP contribution >= 0.6 is 0 Å². The molecule has 1 saturated heterocycles. The molecule has 3 fully saturated rings. The molecule has 3 N–H and O–H groups in total. The number of benzene rings is 1. The maximum atomic E-state index is 13.2. The molecule has 19 heteroatoms. The van der Waals surface area contributed by atoms with Gasteiger partial charge in [-0.1, -0.05) is 13.0 Å². The second kappa shape index (κ2) is 22.9. The molecular weight excluding hydrogens is 853 g/mol. The lowest BCUT2D eigenvalue weighted by atomic mass is 9.55. The molecule has 0 aromatic heterocycles. The summed E-state index contributed by atoms with van der Waals surface area (Å²) in [7, 11) is 0. The number of nitrogens with one attached hydrogen (secondary N) is 1. The van der Waals surface area contributed by atoms with Crippen molar-refractivity contribution in [1.82, 2.24) is 15.1 Å². The minimum Gasteiger partial charge on any atom is -0.494 e. The van der Waals surface area contributed by atoms with Gasteiger partial charge in [-0.15, -0.1) is 0 Å². The topological polar surface area (TPSA) is 113 Å². The van der Waals surface area contributed by atoms with E-state index in [2.05, 4.69) is 38.9 Å². The van der Waals surface area contributed by atoms with Gasteiger partial charge in [0.2, 0.25) is 5.91 Å². The van der Waals surface area contributed by atoms with E-state index in [0.717, 1.165) is 96.4 Å². The van der Waals surface area contributed by atoms with Crippen LogP contribution in [0.3, 0.4) is 0 Å². The Hall–Kier alpha value is -2.42. The van der Waals surface area contributed by atoms with E-state index in [0.29, 0.717) is 63.4 Å². The van der Waals surface area contributed by atoms with E-state index in [4.69, 9.17) is 24.4 Å². The first-order chi connectivity index (χ1) is 29.8. The van der Waals surface area contributed by atoms with Crippen LogP contribution in [0.15, 0.2) is 18.2 Å². The molecule has 1 aromatic rings. The molecule has 0 spiro atoms. The summed E-state index contributed by atoms with van der Waals surface area (Å²) in [5, 5.41) is 21.1. The van der Waals surface area contributed by atoms with Crippen molar-refractivity contribution in [2.45, 2.75) is 120 Å². The van der Waals surface area contributed by atoms with Gasteiger partial charge in [0.25, 0.3) is 0 Å². The van der Waals surface area contributed by atoms with Gasteiger partial charge in [0.15, 0.2) is 0 Å². The number of piperazine rings is 1. The molecule has 0 radical (unpaired) electrons. The van der Waals surface area contributed by atoms with Crippen molar-refractivity contribution in [3.63, 3.8) is 0 Å². The summed E-state index contributed by atoms with van der Waals surface area (Å²) in [5.41, 5.74) is -3.94. The first kappa shape index (κ1) is 51.6. The zero-order valence-corrected chi connectivity index (χ0v) is 36.2. The van der Waals surface area contributed by atoms with Crippen LogP contribution < -0.4 is 10.1 Å². The quantitative estimate of drug-likeness (QED) is 0.0720. The van der Waals surface area contributed by atoms with Crippen molar-refractivity contribution in [3.05, 3.63) is 29.3 Å². The minimum absolute atomic E-state index is 0.0288. The average Bonchev–Trinajstić information content (AvgIpc) is 3.56. The molecule has 1 aromatic carbocycles. The first-order valence-corrected chi connectivity index (χ1v) is 22.6. The summed E-state index contributed by atoms with van der Waals surface area (Å²) in [6.07, 6.45) is -12.6. The number of aliphatic hydroxyl groups is 2. The molecule has 5 rings (SSSR count). The van der Waals surface area contributed by atoms with Crippen LogP contribution in [0.25, 0.3) is 0 Å². The van der Waals surface area contributed by atoms with Crippen LogP contribution in [-0.2, 0) is 25.4 Å². The number of aryl methyl sites for hydroxylation is 1. The molecule has 1 aliphatic heterocycles. The van der Waals surface area contributed by atoms with Gasteiger partial charge in [0, 0.05) is 78.0 Å². The smallest absolute Gasteiger partial charge is 0.435 e. The van der Waals surface area contributed by atoms with E-state index < -0.39 is 37.2 Å². The van der Waals surface area contributed by atoms with E-state index >= 15 is 0 Å². The maximum absolute atomic E-state index is 13.2. The molecule has 1 amide bonds. The zero-order valence-electron chi connectivity index (χ0n) is 36.2. The van der Waals surface area contributed by atoms with Crippen molar-refractivity contribution in [3.8, 4) is 5.75 Å². The minimum atomic E-state index is -6.75. The highest BCUT2D eigenvalue weighted by Gasteiger charge is 2.85. The third-order valence-electron chi connectivity index (χ3n) is 14.0. The molecule has 3 aliphatic carbocycles. The third-order valence-corrected chi connectivity index (χ3v) is 14.0. The van der Waals surface area contributed by atoms with Crippen LogP contribution in [0.5, 0.6) is 5.75 Å². The van der Waals surface area contributed by atoms with Gasteiger partial charge in [-0.3, -0.25) is 4.79 Å². The number of hydrogen-bond acceptors (Lipinski definition) is 9. The number of fused-ring (bicyclic) bond motifs is 5. The van der Waals surface area contributed by atoms with E-state index in [9.17, 15) is 44.3 Å². The van der Waals surface area contributed by atoms with E-state index in [-0.39, 0.29) is 43.2 Å². The Bertz CT molecular complexity index is 1520. The van der Waals surface area contributed by atoms with Gasteiger partial charge in [-0.2, -0.15) is 39.5 Å². The van der Waals surface area contributed by atoms with Crippen LogP contribution in [0, 0.1) is 23.2 Å². The van der Waals surface area contributed by atoms with Crippen molar-refractivity contribution in [1.29, 1.82) is 0 Å². The number of amides is 1. The predicted molar refractivity (Wildman–Crippen MR) is 215 cm³/mol. The summed E-state index contributed by atoms with van der Waals surface area (Å²) in [6, 6.07) is 6.36. The summed E-state index contributed by atoms with van der Waals surface area (Å²) < 4.78 is 140. The average molecular weight is 920 g/mol. The largest absolute Gasteiger partial charge is 0.494 e. The summed E-state index contributed by atoms with van der Waals surface area (Å²) >= 11 is 0. The molecule has 3 unspecified atom stereocenters. The second-order valence-electron chi connectivity index (χ2n) is 18.0. The molecule has 1 heterocycles. The molecule has 10 nitrogen and oxygen atoms in total. The fourth-order valence-electron chi connectivity index (χ4n) is 10.4. The monoisotopic (exact) mass is 919 g/mol.